The molecule has 0 atom stereocenters. The van der Waals surface area contributed by atoms with Crippen LogP contribution in [0.15, 0.2) is 48.5 Å². The number of benzene rings is 2. The maximum atomic E-state index is 12.6. The summed E-state index contributed by atoms with van der Waals surface area (Å²) >= 11 is 0. The van der Waals surface area contributed by atoms with Crippen molar-refractivity contribution >= 4 is 17.6 Å². The summed E-state index contributed by atoms with van der Waals surface area (Å²) in [6.07, 6.45) is -4.45. The van der Waals surface area contributed by atoms with Gasteiger partial charge in [-0.3, -0.25) is 4.79 Å². The second-order valence-corrected chi connectivity index (χ2v) is 6.45. The molecule has 2 aromatic rings. The highest BCUT2D eigenvalue weighted by atomic mass is 19.4. The van der Waals surface area contributed by atoms with E-state index in [0.29, 0.717) is 31.9 Å². The lowest BCUT2D eigenvalue weighted by molar-refractivity contribution is -0.137. The highest BCUT2D eigenvalue weighted by molar-refractivity contribution is 5.91. The molecule has 1 saturated heterocycles. The van der Waals surface area contributed by atoms with E-state index in [0.717, 1.165) is 30.0 Å². The van der Waals surface area contributed by atoms with E-state index in [9.17, 15) is 22.8 Å². The molecule has 1 amide bonds. The van der Waals surface area contributed by atoms with Crippen LogP contribution in [-0.2, 0) is 11.0 Å². The van der Waals surface area contributed by atoms with Crippen molar-refractivity contribution in [1.29, 1.82) is 0 Å². The number of alkyl halides is 3. The molecule has 148 valence electrons. The quantitative estimate of drug-likeness (QED) is 0.592. The molecule has 0 N–H and O–H groups in total. The smallest absolute Gasteiger partial charge is 0.416 e. The average Bonchev–Trinajstić information content (AvgIpc) is 2.68. The van der Waals surface area contributed by atoms with Gasteiger partial charge in [0.2, 0.25) is 5.91 Å². The highest BCUT2D eigenvalue weighted by Crippen LogP contribution is 2.29. The fraction of sp³-hybridized carbons (Fsp3) is 0.300. The molecule has 5 nitrogen and oxygen atoms in total. The zero-order chi connectivity index (χ0) is 20.3. The zero-order valence-corrected chi connectivity index (χ0v) is 15.2. The number of carbonyl (C=O) groups excluding carboxylic acids is 2. The van der Waals surface area contributed by atoms with Gasteiger partial charge in [-0.1, -0.05) is 0 Å². The third kappa shape index (κ3) is 4.62. The topological polar surface area (TPSA) is 49.9 Å². The van der Waals surface area contributed by atoms with Gasteiger partial charge in [0, 0.05) is 38.8 Å². The monoisotopic (exact) mass is 392 g/mol. The number of ether oxygens (including phenoxy) is 1. The number of rotatable bonds is 3. The Balaban J connectivity index is 1.60. The molecule has 2 aromatic carbocycles. The molecule has 0 aromatic heterocycles. The largest absolute Gasteiger partial charge is 0.423 e. The first kappa shape index (κ1) is 19.7. The van der Waals surface area contributed by atoms with Crippen molar-refractivity contribution < 1.29 is 27.5 Å². The predicted octanol–water partition coefficient (Wildman–Crippen LogP) is 3.59. The van der Waals surface area contributed by atoms with E-state index < -0.39 is 17.7 Å². The molecule has 3 rings (SSSR count). The van der Waals surface area contributed by atoms with Gasteiger partial charge in [-0.2, -0.15) is 13.2 Å². The lowest BCUT2D eigenvalue weighted by Gasteiger charge is -2.35. The average molecular weight is 392 g/mol. The van der Waals surface area contributed by atoms with Crippen LogP contribution in [0.4, 0.5) is 18.9 Å². The van der Waals surface area contributed by atoms with Gasteiger partial charge in [0.15, 0.2) is 0 Å². The Morgan fingerprint density at radius 1 is 0.893 bits per heavy atom. The molecule has 0 unspecified atom stereocenters. The van der Waals surface area contributed by atoms with E-state index in [1.54, 1.807) is 36.1 Å². The Bertz CT molecular complexity index is 840. The maximum Gasteiger partial charge on any atom is 0.416 e. The van der Waals surface area contributed by atoms with Gasteiger partial charge >= 0.3 is 12.1 Å². The first-order valence-corrected chi connectivity index (χ1v) is 8.74. The van der Waals surface area contributed by atoms with Gasteiger partial charge in [0.1, 0.15) is 5.75 Å². The number of halogens is 3. The van der Waals surface area contributed by atoms with Gasteiger partial charge in [0.25, 0.3) is 0 Å². The van der Waals surface area contributed by atoms with Gasteiger partial charge in [-0.05, 0) is 48.5 Å². The molecule has 28 heavy (non-hydrogen) atoms. The fourth-order valence-electron chi connectivity index (χ4n) is 2.97. The minimum Gasteiger partial charge on any atom is -0.423 e. The summed E-state index contributed by atoms with van der Waals surface area (Å²) in [7, 11) is 0. The molecule has 0 spiro atoms. The molecule has 1 fully saturated rings. The van der Waals surface area contributed by atoms with Crippen LogP contribution in [0.5, 0.6) is 5.75 Å². The van der Waals surface area contributed by atoms with Crippen molar-refractivity contribution in [1.82, 2.24) is 4.90 Å². The van der Waals surface area contributed by atoms with Crippen molar-refractivity contribution in [2.75, 3.05) is 31.1 Å². The van der Waals surface area contributed by atoms with Crippen molar-refractivity contribution in [3.05, 3.63) is 59.7 Å². The molecule has 1 aliphatic rings. The summed E-state index contributed by atoms with van der Waals surface area (Å²) in [4.78, 5) is 27.4. The van der Waals surface area contributed by atoms with Crippen molar-refractivity contribution in [2.45, 2.75) is 13.1 Å². The SMILES string of the molecule is CC(=O)N1CCN(c2ccc(OC(=O)c3ccc(C(F)(F)F)cc3)cc2)CC1. The molecule has 0 aliphatic carbocycles. The Morgan fingerprint density at radius 2 is 1.46 bits per heavy atom. The van der Waals surface area contributed by atoms with Crippen LogP contribution >= 0.6 is 0 Å². The number of amides is 1. The Kier molecular flexibility index (Phi) is 5.58. The normalized spacial score (nSPS) is 14.7. The lowest BCUT2D eigenvalue weighted by atomic mass is 10.1. The van der Waals surface area contributed by atoms with Crippen LogP contribution in [0.3, 0.4) is 0 Å². The van der Waals surface area contributed by atoms with Crippen LogP contribution in [0.1, 0.15) is 22.8 Å². The number of carbonyl (C=O) groups is 2. The first-order chi connectivity index (χ1) is 13.2. The number of anilines is 1. The lowest BCUT2D eigenvalue weighted by Crippen LogP contribution is -2.48. The van der Waals surface area contributed by atoms with Crippen molar-refractivity contribution in [3.8, 4) is 5.75 Å². The van der Waals surface area contributed by atoms with E-state index in [1.165, 1.54) is 0 Å². The number of esters is 1. The third-order valence-corrected chi connectivity index (χ3v) is 4.59. The van der Waals surface area contributed by atoms with Crippen LogP contribution in [-0.4, -0.2) is 43.0 Å². The van der Waals surface area contributed by atoms with E-state index in [4.69, 9.17) is 4.74 Å². The van der Waals surface area contributed by atoms with Crippen molar-refractivity contribution in [2.24, 2.45) is 0 Å². The van der Waals surface area contributed by atoms with E-state index in [1.807, 2.05) is 0 Å². The van der Waals surface area contributed by atoms with Gasteiger partial charge in [0.05, 0.1) is 11.1 Å². The summed E-state index contributed by atoms with van der Waals surface area (Å²) in [6, 6.07) is 10.8. The van der Waals surface area contributed by atoms with E-state index in [-0.39, 0.29) is 11.5 Å². The maximum absolute atomic E-state index is 12.6. The standard InChI is InChI=1S/C20H19F3N2O3/c1-14(26)24-10-12-25(13-11-24)17-6-8-18(9-7-17)28-19(27)15-2-4-16(5-3-15)20(21,22)23/h2-9H,10-13H2,1H3. The predicted molar refractivity (Wildman–Crippen MR) is 97.3 cm³/mol. The molecule has 0 radical (unpaired) electrons. The molecule has 8 heteroatoms. The first-order valence-electron chi connectivity index (χ1n) is 8.74. The fourth-order valence-corrected chi connectivity index (χ4v) is 2.97. The van der Waals surface area contributed by atoms with Crippen LogP contribution in [0, 0.1) is 0 Å². The Labute approximate surface area is 160 Å². The van der Waals surface area contributed by atoms with Crippen LogP contribution in [0.25, 0.3) is 0 Å². The number of hydrogen-bond donors (Lipinski definition) is 0. The minimum atomic E-state index is -4.45. The summed E-state index contributed by atoms with van der Waals surface area (Å²) < 4.78 is 43.0. The summed E-state index contributed by atoms with van der Waals surface area (Å²) in [5, 5.41) is 0. The summed E-state index contributed by atoms with van der Waals surface area (Å²) in [5.74, 6) is -0.363. The Morgan fingerprint density at radius 3 is 1.96 bits per heavy atom. The molecular formula is C20H19F3N2O3. The number of hydrogen-bond acceptors (Lipinski definition) is 4. The third-order valence-electron chi connectivity index (χ3n) is 4.59. The van der Waals surface area contributed by atoms with E-state index >= 15 is 0 Å². The number of nitrogens with zero attached hydrogens (tertiary/aromatic N) is 2. The second-order valence-electron chi connectivity index (χ2n) is 6.45. The number of piperazine rings is 1. The highest BCUT2D eigenvalue weighted by Gasteiger charge is 2.30. The second kappa shape index (κ2) is 7.92. The van der Waals surface area contributed by atoms with Gasteiger partial charge in [-0.15, -0.1) is 0 Å². The molecule has 1 heterocycles. The van der Waals surface area contributed by atoms with E-state index in [2.05, 4.69) is 4.90 Å². The van der Waals surface area contributed by atoms with Crippen LogP contribution in [0.2, 0.25) is 0 Å². The van der Waals surface area contributed by atoms with Crippen LogP contribution < -0.4 is 9.64 Å². The molecular weight excluding hydrogens is 373 g/mol. The Hall–Kier alpha value is -3.03. The molecule has 0 saturated carbocycles. The van der Waals surface area contributed by atoms with Gasteiger partial charge in [-0.25, -0.2) is 4.79 Å². The zero-order valence-electron chi connectivity index (χ0n) is 15.2. The van der Waals surface area contributed by atoms with Gasteiger partial charge < -0.3 is 14.5 Å². The molecule has 0 bridgehead atoms. The molecule has 1 aliphatic heterocycles. The summed E-state index contributed by atoms with van der Waals surface area (Å²) in [5.41, 5.74) is 0.160. The summed E-state index contributed by atoms with van der Waals surface area (Å²) in [6.45, 7) is 4.28. The van der Waals surface area contributed by atoms with Crippen molar-refractivity contribution in [3.63, 3.8) is 0 Å². The minimum absolute atomic E-state index is 0.0393.